The van der Waals surface area contributed by atoms with Crippen molar-refractivity contribution in [1.29, 1.82) is 5.26 Å². The smallest absolute Gasteiger partial charge is 0.137 e. The lowest BCUT2D eigenvalue weighted by Crippen LogP contribution is -2.24. The maximum absolute atomic E-state index is 13.5. The normalized spacial score (nSPS) is 13.6. The molecule has 0 aromatic heterocycles. The van der Waals surface area contributed by atoms with E-state index < -0.39 is 5.60 Å². The van der Waals surface area contributed by atoms with Crippen LogP contribution >= 0.6 is 15.9 Å². The van der Waals surface area contributed by atoms with Crippen molar-refractivity contribution in [1.82, 2.24) is 0 Å². The highest BCUT2D eigenvalue weighted by atomic mass is 79.9. The predicted octanol–water partition coefficient (Wildman–Crippen LogP) is 3.91. The van der Waals surface area contributed by atoms with Crippen molar-refractivity contribution in [2.75, 3.05) is 0 Å². The van der Waals surface area contributed by atoms with Crippen molar-refractivity contribution in [2.24, 2.45) is 0 Å². The van der Waals surface area contributed by atoms with Gasteiger partial charge in [-0.25, -0.2) is 4.39 Å². The van der Waals surface area contributed by atoms with Gasteiger partial charge in [-0.15, -0.1) is 0 Å². The fraction of sp³-hybridized carbons (Fsp3) is 0.188. The zero-order valence-electron chi connectivity index (χ0n) is 10.9. The Balaban J connectivity index is 2.30. The molecule has 0 aliphatic heterocycles. The van der Waals surface area contributed by atoms with E-state index in [0.717, 1.165) is 0 Å². The fourth-order valence-corrected chi connectivity index (χ4v) is 2.47. The summed E-state index contributed by atoms with van der Waals surface area (Å²) in [6.45, 7) is 1.67. The number of hydrogen-bond acceptors (Lipinski definition) is 2. The Labute approximate surface area is 125 Å². The largest absolute Gasteiger partial charge is 0.385 e. The van der Waals surface area contributed by atoms with Gasteiger partial charge in [-0.3, -0.25) is 0 Å². The van der Waals surface area contributed by atoms with Crippen molar-refractivity contribution in [2.45, 2.75) is 18.9 Å². The molecule has 1 N–H and O–H groups in total. The van der Waals surface area contributed by atoms with E-state index in [4.69, 9.17) is 5.26 Å². The van der Waals surface area contributed by atoms with Gasteiger partial charge in [0.1, 0.15) is 5.82 Å². The molecule has 0 aliphatic rings. The number of benzene rings is 2. The number of rotatable bonds is 3. The van der Waals surface area contributed by atoms with Gasteiger partial charge in [0.25, 0.3) is 0 Å². The maximum Gasteiger partial charge on any atom is 0.137 e. The number of nitriles is 1. The molecule has 0 radical (unpaired) electrons. The molecule has 2 nitrogen and oxygen atoms in total. The van der Waals surface area contributed by atoms with E-state index in [2.05, 4.69) is 15.9 Å². The van der Waals surface area contributed by atoms with E-state index in [-0.39, 0.29) is 12.2 Å². The van der Waals surface area contributed by atoms with Gasteiger partial charge in [-0.05, 0) is 52.2 Å². The second kappa shape index (κ2) is 5.74. The lowest BCUT2D eigenvalue weighted by Gasteiger charge is -2.24. The minimum absolute atomic E-state index is 0.275. The summed E-state index contributed by atoms with van der Waals surface area (Å²) in [5, 5.41) is 19.4. The molecule has 0 heterocycles. The number of nitrogens with zero attached hydrogens (tertiary/aromatic N) is 1. The number of hydrogen-bond donors (Lipinski definition) is 1. The lowest BCUT2D eigenvalue weighted by molar-refractivity contribution is 0.0574. The van der Waals surface area contributed by atoms with Crippen LogP contribution in [0, 0.1) is 17.1 Å². The Kier molecular flexibility index (Phi) is 4.22. The van der Waals surface area contributed by atoms with Crippen LogP contribution in [0.4, 0.5) is 4.39 Å². The molecule has 0 aliphatic carbocycles. The predicted molar refractivity (Wildman–Crippen MR) is 78.5 cm³/mol. The van der Waals surface area contributed by atoms with Crippen LogP contribution in [0.15, 0.2) is 46.9 Å². The van der Waals surface area contributed by atoms with E-state index >= 15 is 0 Å². The first-order chi connectivity index (χ1) is 9.44. The maximum atomic E-state index is 13.5. The average Bonchev–Trinajstić information content (AvgIpc) is 2.44. The second-order valence-electron chi connectivity index (χ2n) is 4.85. The Hall–Kier alpha value is -1.70. The van der Waals surface area contributed by atoms with Gasteiger partial charge >= 0.3 is 0 Å². The van der Waals surface area contributed by atoms with Crippen LogP contribution in [-0.2, 0) is 12.0 Å². The van der Waals surface area contributed by atoms with E-state index in [0.29, 0.717) is 21.2 Å². The SMILES string of the molecule is CC(O)(Cc1cccc(F)c1Br)c1ccc(C#N)cc1. The van der Waals surface area contributed by atoms with Crippen LogP contribution in [-0.4, -0.2) is 5.11 Å². The summed E-state index contributed by atoms with van der Waals surface area (Å²) in [5.74, 6) is -0.349. The van der Waals surface area contributed by atoms with Crippen molar-refractivity contribution in [3.63, 3.8) is 0 Å². The highest BCUT2D eigenvalue weighted by molar-refractivity contribution is 9.10. The van der Waals surface area contributed by atoms with E-state index in [9.17, 15) is 9.50 Å². The quantitative estimate of drug-likeness (QED) is 0.925. The van der Waals surface area contributed by atoms with Crippen molar-refractivity contribution >= 4 is 15.9 Å². The van der Waals surface area contributed by atoms with Crippen molar-refractivity contribution in [3.8, 4) is 6.07 Å². The summed E-state index contributed by atoms with van der Waals surface area (Å²) >= 11 is 3.20. The van der Waals surface area contributed by atoms with E-state index in [1.54, 1.807) is 43.3 Å². The minimum atomic E-state index is -1.13. The first kappa shape index (κ1) is 14.7. The zero-order valence-corrected chi connectivity index (χ0v) is 12.5. The minimum Gasteiger partial charge on any atom is -0.385 e. The first-order valence-corrected chi connectivity index (χ1v) is 6.89. The van der Waals surface area contributed by atoms with E-state index in [1.165, 1.54) is 6.07 Å². The Morgan fingerprint density at radius 3 is 2.50 bits per heavy atom. The highest BCUT2D eigenvalue weighted by Crippen LogP contribution is 2.30. The topological polar surface area (TPSA) is 44.0 Å². The second-order valence-corrected chi connectivity index (χ2v) is 5.65. The molecule has 0 fully saturated rings. The lowest BCUT2D eigenvalue weighted by atomic mass is 9.88. The molecule has 1 unspecified atom stereocenters. The van der Waals surface area contributed by atoms with Crippen molar-refractivity contribution in [3.05, 3.63) is 69.4 Å². The fourth-order valence-electron chi connectivity index (χ4n) is 2.06. The number of aliphatic hydroxyl groups is 1. The molecule has 2 aromatic carbocycles. The molecular formula is C16H13BrFNO. The van der Waals surface area contributed by atoms with Crippen LogP contribution in [0.3, 0.4) is 0 Å². The van der Waals surface area contributed by atoms with Gasteiger partial charge in [0.15, 0.2) is 0 Å². The van der Waals surface area contributed by atoms with Gasteiger partial charge in [0.05, 0.1) is 21.7 Å². The molecule has 0 spiro atoms. The molecule has 102 valence electrons. The molecule has 4 heteroatoms. The Bertz CT molecular complexity index is 659. The molecule has 0 saturated heterocycles. The van der Waals surface area contributed by atoms with Crippen LogP contribution < -0.4 is 0 Å². The monoisotopic (exact) mass is 333 g/mol. The Morgan fingerprint density at radius 2 is 1.90 bits per heavy atom. The molecule has 0 saturated carbocycles. The highest BCUT2D eigenvalue weighted by Gasteiger charge is 2.25. The Morgan fingerprint density at radius 1 is 1.25 bits per heavy atom. The molecule has 20 heavy (non-hydrogen) atoms. The summed E-state index contributed by atoms with van der Waals surface area (Å²) in [6.07, 6.45) is 0.275. The zero-order chi connectivity index (χ0) is 14.8. The van der Waals surface area contributed by atoms with Gasteiger partial charge in [-0.1, -0.05) is 24.3 Å². The van der Waals surface area contributed by atoms with E-state index in [1.807, 2.05) is 6.07 Å². The molecule has 0 bridgehead atoms. The molecule has 1 atom stereocenters. The van der Waals surface area contributed by atoms with Gasteiger partial charge < -0.3 is 5.11 Å². The molecular weight excluding hydrogens is 321 g/mol. The standard InChI is InChI=1S/C16H13BrFNO/c1-16(20,13-7-5-11(10-19)6-8-13)9-12-3-2-4-14(18)15(12)17/h2-8,20H,9H2,1H3. The third-order valence-corrected chi connectivity index (χ3v) is 4.09. The average molecular weight is 334 g/mol. The molecule has 2 aromatic rings. The summed E-state index contributed by atoms with van der Waals surface area (Å²) in [7, 11) is 0. The third kappa shape index (κ3) is 3.06. The first-order valence-electron chi connectivity index (χ1n) is 6.10. The van der Waals surface area contributed by atoms with Gasteiger partial charge in [0, 0.05) is 6.42 Å². The van der Waals surface area contributed by atoms with Gasteiger partial charge in [-0.2, -0.15) is 5.26 Å². The number of halogens is 2. The van der Waals surface area contributed by atoms with Crippen LogP contribution in [0.2, 0.25) is 0 Å². The summed E-state index contributed by atoms with van der Waals surface area (Å²) in [4.78, 5) is 0. The van der Waals surface area contributed by atoms with Crippen molar-refractivity contribution < 1.29 is 9.50 Å². The van der Waals surface area contributed by atoms with Crippen LogP contribution in [0.1, 0.15) is 23.6 Å². The summed E-state index contributed by atoms with van der Waals surface area (Å²) in [5.41, 5.74) is 0.785. The third-order valence-electron chi connectivity index (χ3n) is 3.20. The summed E-state index contributed by atoms with van der Waals surface area (Å²) in [6, 6.07) is 13.5. The summed E-state index contributed by atoms with van der Waals surface area (Å²) < 4.78 is 13.9. The van der Waals surface area contributed by atoms with Crippen LogP contribution in [0.25, 0.3) is 0 Å². The molecule has 2 rings (SSSR count). The molecule has 0 amide bonds. The van der Waals surface area contributed by atoms with Crippen LogP contribution in [0.5, 0.6) is 0 Å². The van der Waals surface area contributed by atoms with Gasteiger partial charge in [0.2, 0.25) is 0 Å².